The predicted octanol–water partition coefficient (Wildman–Crippen LogP) is 4.21. The lowest BCUT2D eigenvalue weighted by atomic mass is 9.78. The maximum Gasteiger partial charge on any atom is 0.136 e. The van der Waals surface area contributed by atoms with Gasteiger partial charge in [0.25, 0.3) is 0 Å². The molecule has 0 amide bonds. The van der Waals surface area contributed by atoms with E-state index in [0.29, 0.717) is 17.1 Å². The van der Waals surface area contributed by atoms with Crippen LogP contribution in [0.5, 0.6) is 0 Å². The molecule has 0 N–H and O–H groups in total. The summed E-state index contributed by atoms with van der Waals surface area (Å²) in [6, 6.07) is 0. The Balaban J connectivity index is 2.33. The number of ketones is 1. The second-order valence-electron chi connectivity index (χ2n) is 6.50. The average molecular weight is 210 g/mol. The molecule has 0 bridgehead atoms. The normalized spacial score (nSPS) is 27.7. The van der Waals surface area contributed by atoms with Crippen molar-refractivity contribution in [2.75, 3.05) is 0 Å². The van der Waals surface area contributed by atoms with Crippen molar-refractivity contribution in [2.45, 2.75) is 66.2 Å². The minimum Gasteiger partial charge on any atom is -0.299 e. The van der Waals surface area contributed by atoms with Crippen LogP contribution in [-0.4, -0.2) is 5.78 Å². The van der Waals surface area contributed by atoms with Gasteiger partial charge in [-0.2, -0.15) is 0 Å². The molecule has 1 rings (SSSR count). The van der Waals surface area contributed by atoms with E-state index in [2.05, 4.69) is 27.7 Å². The van der Waals surface area contributed by atoms with E-state index in [1.807, 2.05) is 0 Å². The van der Waals surface area contributed by atoms with Crippen LogP contribution in [0, 0.1) is 17.3 Å². The first-order valence-electron chi connectivity index (χ1n) is 6.41. The minimum absolute atomic E-state index is 0.302. The molecule has 1 aliphatic carbocycles. The van der Waals surface area contributed by atoms with Crippen molar-refractivity contribution in [1.29, 1.82) is 0 Å². The fourth-order valence-electron chi connectivity index (χ4n) is 2.43. The molecule has 1 heteroatoms. The number of hydrogen-bond acceptors (Lipinski definition) is 1. The highest BCUT2D eigenvalue weighted by Crippen LogP contribution is 2.31. The van der Waals surface area contributed by atoms with Crippen LogP contribution in [0.4, 0.5) is 0 Å². The smallest absolute Gasteiger partial charge is 0.136 e. The highest BCUT2D eigenvalue weighted by molar-refractivity contribution is 5.81. The lowest BCUT2D eigenvalue weighted by Gasteiger charge is -2.26. The lowest BCUT2D eigenvalue weighted by Crippen LogP contribution is -2.22. The topological polar surface area (TPSA) is 17.1 Å². The Bertz CT molecular complexity index is 212. The molecule has 0 radical (unpaired) electrons. The summed E-state index contributed by atoms with van der Waals surface area (Å²) in [7, 11) is 0. The summed E-state index contributed by atoms with van der Waals surface area (Å²) in [5, 5.41) is 0. The standard InChI is InChI=1S/C14H26O/c1-11-6-5-7-12(10-11)13(15)8-9-14(2,3)4/h11-12H,5-10H2,1-4H3. The molecule has 0 aromatic heterocycles. The second kappa shape index (κ2) is 5.14. The van der Waals surface area contributed by atoms with Gasteiger partial charge in [-0.1, -0.05) is 40.5 Å². The Morgan fingerprint density at radius 3 is 2.47 bits per heavy atom. The molecule has 0 spiro atoms. The van der Waals surface area contributed by atoms with Crippen LogP contribution < -0.4 is 0 Å². The van der Waals surface area contributed by atoms with Crippen LogP contribution >= 0.6 is 0 Å². The fourth-order valence-corrected chi connectivity index (χ4v) is 2.43. The highest BCUT2D eigenvalue weighted by Gasteiger charge is 2.25. The van der Waals surface area contributed by atoms with Gasteiger partial charge in [0.2, 0.25) is 0 Å². The zero-order valence-corrected chi connectivity index (χ0v) is 10.8. The van der Waals surface area contributed by atoms with Gasteiger partial charge in [-0.3, -0.25) is 4.79 Å². The first kappa shape index (κ1) is 12.7. The Morgan fingerprint density at radius 1 is 1.27 bits per heavy atom. The third kappa shape index (κ3) is 4.81. The monoisotopic (exact) mass is 210 g/mol. The van der Waals surface area contributed by atoms with E-state index in [9.17, 15) is 4.79 Å². The highest BCUT2D eigenvalue weighted by atomic mass is 16.1. The number of rotatable bonds is 3. The largest absolute Gasteiger partial charge is 0.299 e. The van der Waals surface area contributed by atoms with Crippen LogP contribution in [0.1, 0.15) is 66.2 Å². The molecule has 0 aromatic rings. The Morgan fingerprint density at radius 2 is 1.93 bits per heavy atom. The van der Waals surface area contributed by atoms with E-state index in [4.69, 9.17) is 0 Å². The average Bonchev–Trinajstić information content (AvgIpc) is 2.13. The molecular weight excluding hydrogens is 184 g/mol. The van der Waals surface area contributed by atoms with Gasteiger partial charge in [0, 0.05) is 12.3 Å². The van der Waals surface area contributed by atoms with Crippen molar-refractivity contribution >= 4 is 5.78 Å². The molecule has 2 unspecified atom stereocenters. The first-order valence-corrected chi connectivity index (χ1v) is 6.41. The van der Waals surface area contributed by atoms with Crippen LogP contribution in [0.2, 0.25) is 0 Å². The van der Waals surface area contributed by atoms with Crippen molar-refractivity contribution in [3.05, 3.63) is 0 Å². The van der Waals surface area contributed by atoms with Gasteiger partial charge < -0.3 is 0 Å². The van der Waals surface area contributed by atoms with Gasteiger partial charge in [0.05, 0.1) is 0 Å². The molecule has 0 aromatic carbocycles. The van der Waals surface area contributed by atoms with Gasteiger partial charge in [-0.05, 0) is 30.6 Å². The summed E-state index contributed by atoms with van der Waals surface area (Å²) in [6.45, 7) is 8.92. The van der Waals surface area contributed by atoms with Crippen molar-refractivity contribution in [3.63, 3.8) is 0 Å². The number of Topliss-reactive ketones (excluding diaryl/α,β-unsaturated/α-hetero) is 1. The fraction of sp³-hybridized carbons (Fsp3) is 0.929. The van der Waals surface area contributed by atoms with Gasteiger partial charge in [-0.25, -0.2) is 0 Å². The van der Waals surface area contributed by atoms with E-state index >= 15 is 0 Å². The lowest BCUT2D eigenvalue weighted by molar-refractivity contribution is -0.124. The molecule has 15 heavy (non-hydrogen) atoms. The first-order chi connectivity index (χ1) is 6.88. The van der Waals surface area contributed by atoms with E-state index in [0.717, 1.165) is 31.6 Å². The van der Waals surface area contributed by atoms with Gasteiger partial charge in [-0.15, -0.1) is 0 Å². The molecule has 1 saturated carbocycles. The Hall–Kier alpha value is -0.330. The van der Waals surface area contributed by atoms with Crippen LogP contribution in [-0.2, 0) is 4.79 Å². The van der Waals surface area contributed by atoms with Crippen molar-refractivity contribution in [3.8, 4) is 0 Å². The number of carbonyl (C=O) groups is 1. The van der Waals surface area contributed by atoms with E-state index in [1.54, 1.807) is 0 Å². The summed E-state index contributed by atoms with van der Waals surface area (Å²) in [6.07, 6.45) is 6.70. The zero-order chi connectivity index (χ0) is 11.5. The maximum atomic E-state index is 12.0. The second-order valence-corrected chi connectivity index (χ2v) is 6.50. The molecule has 88 valence electrons. The van der Waals surface area contributed by atoms with Crippen LogP contribution in [0.15, 0.2) is 0 Å². The summed E-state index contributed by atoms with van der Waals surface area (Å²) in [4.78, 5) is 12.0. The molecule has 1 fully saturated rings. The van der Waals surface area contributed by atoms with Crippen molar-refractivity contribution in [2.24, 2.45) is 17.3 Å². The van der Waals surface area contributed by atoms with Crippen LogP contribution in [0.3, 0.4) is 0 Å². The number of hydrogen-bond donors (Lipinski definition) is 0. The zero-order valence-electron chi connectivity index (χ0n) is 10.8. The summed E-state index contributed by atoms with van der Waals surface area (Å²) >= 11 is 0. The molecule has 2 atom stereocenters. The maximum absolute atomic E-state index is 12.0. The Labute approximate surface area is 94.6 Å². The van der Waals surface area contributed by atoms with E-state index in [-0.39, 0.29) is 0 Å². The van der Waals surface area contributed by atoms with Crippen molar-refractivity contribution in [1.82, 2.24) is 0 Å². The third-order valence-electron chi connectivity index (χ3n) is 3.51. The van der Waals surface area contributed by atoms with Gasteiger partial charge in [0.1, 0.15) is 5.78 Å². The van der Waals surface area contributed by atoms with Crippen LogP contribution in [0.25, 0.3) is 0 Å². The quantitative estimate of drug-likeness (QED) is 0.682. The predicted molar refractivity (Wildman–Crippen MR) is 64.8 cm³/mol. The minimum atomic E-state index is 0.302. The summed E-state index contributed by atoms with van der Waals surface area (Å²) in [5.41, 5.74) is 0.302. The molecule has 1 aliphatic rings. The summed E-state index contributed by atoms with van der Waals surface area (Å²) < 4.78 is 0. The van der Waals surface area contributed by atoms with Gasteiger partial charge in [0.15, 0.2) is 0 Å². The SMILES string of the molecule is CC1CCCC(C(=O)CCC(C)(C)C)C1. The van der Waals surface area contributed by atoms with Gasteiger partial charge >= 0.3 is 0 Å². The Kier molecular flexibility index (Phi) is 4.36. The van der Waals surface area contributed by atoms with Crippen molar-refractivity contribution < 1.29 is 4.79 Å². The third-order valence-corrected chi connectivity index (χ3v) is 3.51. The van der Waals surface area contributed by atoms with E-state index in [1.165, 1.54) is 12.8 Å². The molecule has 0 aliphatic heterocycles. The number of carbonyl (C=O) groups excluding carboxylic acids is 1. The molecular formula is C14H26O. The molecule has 0 heterocycles. The molecule has 0 saturated heterocycles. The van der Waals surface area contributed by atoms with E-state index < -0.39 is 0 Å². The summed E-state index contributed by atoms with van der Waals surface area (Å²) in [5.74, 6) is 1.68. The molecule has 1 nitrogen and oxygen atoms in total.